The quantitative estimate of drug-likeness (QED) is 0.861. The maximum absolute atomic E-state index is 12.1. The number of nitrogens with one attached hydrogen (secondary N) is 1. The summed E-state index contributed by atoms with van der Waals surface area (Å²) >= 11 is 5.69. The molecular weight excluding hydrogens is 260 g/mol. The Kier molecular flexibility index (Phi) is 4.01. The maximum atomic E-state index is 12.1. The number of sulfonamides is 1. The third kappa shape index (κ3) is 3.40. The molecule has 0 aliphatic heterocycles. The Bertz CT molecular complexity index is 484. The highest BCUT2D eigenvalue weighted by Gasteiger charge is 2.21. The van der Waals surface area contributed by atoms with Crippen molar-refractivity contribution in [2.24, 2.45) is 0 Å². The molecule has 0 saturated heterocycles. The molecule has 0 spiro atoms. The van der Waals surface area contributed by atoms with E-state index in [1.807, 2.05) is 0 Å². The largest absolute Gasteiger partial charge is 0.244 e. The van der Waals surface area contributed by atoms with Crippen LogP contribution in [0.2, 0.25) is 5.15 Å². The van der Waals surface area contributed by atoms with E-state index in [2.05, 4.69) is 9.71 Å². The highest BCUT2D eigenvalue weighted by Crippen LogP contribution is 2.20. The van der Waals surface area contributed by atoms with E-state index in [0.717, 1.165) is 25.7 Å². The Morgan fingerprint density at radius 3 is 2.65 bits per heavy atom. The first-order valence-electron chi connectivity index (χ1n) is 5.72. The van der Waals surface area contributed by atoms with Crippen molar-refractivity contribution in [3.05, 3.63) is 23.5 Å². The fraction of sp³-hybridized carbons (Fsp3) is 0.545. The standard InChI is InChI=1S/C11H15ClN2O2S/c12-11-8-10(6-7-13-11)17(15,16)14-9-4-2-1-3-5-9/h6-9,14H,1-5H2. The average Bonchev–Trinajstić information content (AvgIpc) is 2.30. The zero-order valence-corrected chi connectivity index (χ0v) is 11.0. The molecule has 17 heavy (non-hydrogen) atoms. The van der Waals surface area contributed by atoms with Gasteiger partial charge >= 0.3 is 0 Å². The molecule has 1 saturated carbocycles. The molecule has 0 aromatic carbocycles. The van der Waals surface area contributed by atoms with Crippen molar-refractivity contribution in [1.82, 2.24) is 9.71 Å². The number of pyridine rings is 1. The first kappa shape index (κ1) is 12.8. The van der Waals surface area contributed by atoms with Crippen LogP contribution in [0, 0.1) is 0 Å². The van der Waals surface area contributed by atoms with Gasteiger partial charge in [0.1, 0.15) is 5.15 Å². The molecule has 0 unspecified atom stereocenters. The summed E-state index contributed by atoms with van der Waals surface area (Å²) in [5.74, 6) is 0. The van der Waals surface area contributed by atoms with E-state index in [-0.39, 0.29) is 16.1 Å². The summed E-state index contributed by atoms with van der Waals surface area (Å²) in [6.07, 6.45) is 6.60. The Hall–Kier alpha value is -0.650. The second-order valence-corrected chi connectivity index (χ2v) is 6.37. The second-order valence-electron chi connectivity index (χ2n) is 4.27. The number of hydrogen-bond donors (Lipinski definition) is 1. The molecule has 4 nitrogen and oxygen atoms in total. The molecule has 0 atom stereocenters. The van der Waals surface area contributed by atoms with Gasteiger partial charge < -0.3 is 0 Å². The number of nitrogens with zero attached hydrogens (tertiary/aromatic N) is 1. The SMILES string of the molecule is O=S(=O)(NC1CCCCC1)c1ccnc(Cl)c1. The zero-order valence-electron chi connectivity index (χ0n) is 9.39. The van der Waals surface area contributed by atoms with Gasteiger partial charge in [-0.1, -0.05) is 30.9 Å². The van der Waals surface area contributed by atoms with Crippen LogP contribution >= 0.6 is 11.6 Å². The van der Waals surface area contributed by atoms with Crippen LogP contribution in [-0.4, -0.2) is 19.4 Å². The average molecular weight is 275 g/mol. The lowest BCUT2D eigenvalue weighted by Crippen LogP contribution is -2.36. The zero-order chi connectivity index (χ0) is 12.3. The summed E-state index contributed by atoms with van der Waals surface area (Å²) < 4.78 is 26.8. The van der Waals surface area contributed by atoms with Crippen LogP contribution in [0.25, 0.3) is 0 Å². The van der Waals surface area contributed by atoms with Crippen molar-refractivity contribution in [3.8, 4) is 0 Å². The summed E-state index contributed by atoms with van der Waals surface area (Å²) in [5, 5.41) is 0.191. The monoisotopic (exact) mass is 274 g/mol. The topological polar surface area (TPSA) is 59.1 Å². The van der Waals surface area contributed by atoms with Gasteiger partial charge in [-0.2, -0.15) is 0 Å². The van der Waals surface area contributed by atoms with E-state index >= 15 is 0 Å². The fourth-order valence-corrected chi connectivity index (χ4v) is 3.62. The Labute approximate surface area is 106 Å². The minimum atomic E-state index is -3.46. The molecule has 6 heteroatoms. The number of rotatable bonds is 3. The number of aromatic nitrogens is 1. The minimum absolute atomic E-state index is 0.0562. The Balaban J connectivity index is 2.13. The summed E-state index contributed by atoms with van der Waals surface area (Å²) in [5.41, 5.74) is 0. The van der Waals surface area contributed by atoms with E-state index in [1.54, 1.807) is 0 Å². The van der Waals surface area contributed by atoms with E-state index in [4.69, 9.17) is 11.6 Å². The summed E-state index contributed by atoms with van der Waals surface area (Å²) in [7, 11) is -3.46. The Morgan fingerprint density at radius 2 is 2.00 bits per heavy atom. The fourth-order valence-electron chi connectivity index (χ4n) is 2.06. The van der Waals surface area contributed by atoms with Crippen LogP contribution in [0.5, 0.6) is 0 Å². The smallest absolute Gasteiger partial charge is 0.240 e. The van der Waals surface area contributed by atoms with Crippen LogP contribution in [0.3, 0.4) is 0 Å². The van der Waals surface area contributed by atoms with Gasteiger partial charge in [0.15, 0.2) is 0 Å². The number of halogens is 1. The maximum Gasteiger partial charge on any atom is 0.240 e. The van der Waals surface area contributed by atoms with Crippen LogP contribution in [0.15, 0.2) is 23.2 Å². The lowest BCUT2D eigenvalue weighted by atomic mass is 9.96. The van der Waals surface area contributed by atoms with Gasteiger partial charge in [-0.05, 0) is 25.0 Å². The minimum Gasteiger partial charge on any atom is -0.244 e. The van der Waals surface area contributed by atoms with Crippen LogP contribution < -0.4 is 4.72 Å². The molecule has 0 amide bonds. The van der Waals surface area contributed by atoms with E-state index in [0.29, 0.717) is 0 Å². The normalized spacial score (nSPS) is 18.2. The lowest BCUT2D eigenvalue weighted by molar-refractivity contribution is 0.412. The van der Waals surface area contributed by atoms with Crippen molar-refractivity contribution < 1.29 is 8.42 Å². The van der Waals surface area contributed by atoms with Gasteiger partial charge in [-0.3, -0.25) is 0 Å². The molecule has 1 heterocycles. The van der Waals surface area contributed by atoms with E-state index in [9.17, 15) is 8.42 Å². The van der Waals surface area contributed by atoms with Crippen LogP contribution in [0.1, 0.15) is 32.1 Å². The van der Waals surface area contributed by atoms with Gasteiger partial charge in [0.2, 0.25) is 10.0 Å². The molecule has 1 fully saturated rings. The van der Waals surface area contributed by atoms with Crippen LogP contribution in [0.4, 0.5) is 0 Å². The molecule has 94 valence electrons. The molecule has 1 aromatic heterocycles. The van der Waals surface area contributed by atoms with Crippen LogP contribution in [-0.2, 0) is 10.0 Å². The third-order valence-corrected chi connectivity index (χ3v) is 4.66. The van der Waals surface area contributed by atoms with Crippen molar-refractivity contribution in [2.45, 2.75) is 43.0 Å². The molecule has 1 aliphatic rings. The molecule has 1 aromatic rings. The molecule has 2 rings (SSSR count). The Morgan fingerprint density at radius 1 is 1.29 bits per heavy atom. The van der Waals surface area contributed by atoms with Crippen molar-refractivity contribution >= 4 is 21.6 Å². The van der Waals surface area contributed by atoms with Gasteiger partial charge in [0.05, 0.1) is 4.90 Å². The highest BCUT2D eigenvalue weighted by atomic mass is 35.5. The van der Waals surface area contributed by atoms with Crippen molar-refractivity contribution in [2.75, 3.05) is 0 Å². The summed E-state index contributed by atoms with van der Waals surface area (Å²) in [6, 6.07) is 2.88. The molecule has 0 radical (unpaired) electrons. The van der Waals surface area contributed by atoms with Crippen molar-refractivity contribution in [1.29, 1.82) is 0 Å². The summed E-state index contributed by atoms with van der Waals surface area (Å²) in [6.45, 7) is 0. The first-order chi connectivity index (χ1) is 8.08. The molecule has 1 N–H and O–H groups in total. The van der Waals surface area contributed by atoms with Gasteiger partial charge in [0, 0.05) is 12.2 Å². The van der Waals surface area contributed by atoms with Gasteiger partial charge in [-0.25, -0.2) is 18.1 Å². The van der Waals surface area contributed by atoms with Gasteiger partial charge in [-0.15, -0.1) is 0 Å². The van der Waals surface area contributed by atoms with Gasteiger partial charge in [0.25, 0.3) is 0 Å². The lowest BCUT2D eigenvalue weighted by Gasteiger charge is -2.22. The second kappa shape index (κ2) is 5.33. The predicted octanol–water partition coefficient (Wildman–Crippen LogP) is 2.35. The van der Waals surface area contributed by atoms with Crippen molar-refractivity contribution in [3.63, 3.8) is 0 Å². The molecule has 0 bridgehead atoms. The first-order valence-corrected chi connectivity index (χ1v) is 7.58. The predicted molar refractivity (Wildman–Crippen MR) is 66.4 cm³/mol. The third-order valence-electron chi connectivity index (χ3n) is 2.94. The van der Waals surface area contributed by atoms with E-state index in [1.165, 1.54) is 24.8 Å². The highest BCUT2D eigenvalue weighted by molar-refractivity contribution is 7.89. The van der Waals surface area contributed by atoms with E-state index < -0.39 is 10.0 Å². The molecular formula is C11H15ClN2O2S. The molecule has 1 aliphatic carbocycles. The number of hydrogen-bond acceptors (Lipinski definition) is 3. The summed E-state index contributed by atoms with van der Waals surface area (Å²) in [4.78, 5) is 3.96.